The lowest BCUT2D eigenvalue weighted by atomic mass is 10.0. The molecule has 0 aliphatic rings. The fourth-order valence-electron chi connectivity index (χ4n) is 7.22. The van der Waals surface area contributed by atoms with Crippen LogP contribution >= 0.6 is 7.82 Å². The van der Waals surface area contributed by atoms with Crippen LogP contribution in [0.4, 0.5) is 0 Å². The van der Waals surface area contributed by atoms with Gasteiger partial charge in [0.1, 0.15) is 19.3 Å². The van der Waals surface area contributed by atoms with Crippen LogP contribution in [0.1, 0.15) is 207 Å². The number of phosphoric acid groups is 1. The van der Waals surface area contributed by atoms with Crippen molar-refractivity contribution in [3.63, 3.8) is 0 Å². The standard InChI is InChI=1S/C60H103N2O7P/c1-7-10-13-16-19-22-25-28-30-31-32-34-37-40-43-46-49-52-59(63)61-57(56-68-70(65,66)67-55-54-62(4,5)6)58(51-48-45-42-39-36-33-27-24-21-18-15-12-9-3)69-60(64)53-50-47-44-41-38-35-29-26-23-20-17-14-11-8-2/h10-11,13-14,19-20,22-23,28-30,32,34-35,40,43,48,51,57-58H,7-9,12,15-18,21,24-27,31,33,36-39,41-42,44-47,49-50,52-56H2,1-6H3,(H-,61,63,65,66)/b13-10-,14-11+,22-19-,23-20+,30-28-,34-32-,35-29+,43-40-,51-48+. The number of hydrogen-bond acceptors (Lipinski definition) is 7. The first-order chi connectivity index (χ1) is 33.9. The number of hydrogen-bond donors (Lipinski definition) is 1. The Bertz CT molecular complexity index is 1570. The number of esters is 1. The first kappa shape index (κ1) is 66.7. The average Bonchev–Trinajstić information content (AvgIpc) is 3.32. The van der Waals surface area contributed by atoms with Gasteiger partial charge in [-0.15, -0.1) is 0 Å². The van der Waals surface area contributed by atoms with Crippen molar-refractivity contribution in [2.45, 2.75) is 219 Å². The van der Waals surface area contributed by atoms with Crippen molar-refractivity contribution >= 4 is 19.7 Å². The number of carbonyl (C=O) groups excluding carboxylic acids is 2. The normalized spacial score (nSPS) is 14.7. The summed E-state index contributed by atoms with van der Waals surface area (Å²) in [6.07, 6.45) is 66.3. The van der Waals surface area contributed by atoms with Crippen LogP contribution in [0.25, 0.3) is 0 Å². The van der Waals surface area contributed by atoms with E-state index >= 15 is 0 Å². The van der Waals surface area contributed by atoms with E-state index in [1.165, 1.54) is 57.8 Å². The molecule has 0 rings (SSSR count). The zero-order valence-electron chi connectivity index (χ0n) is 45.4. The van der Waals surface area contributed by atoms with Crippen LogP contribution in [0.3, 0.4) is 0 Å². The van der Waals surface area contributed by atoms with Crippen molar-refractivity contribution in [3.05, 3.63) is 109 Å². The van der Waals surface area contributed by atoms with Crippen molar-refractivity contribution in [2.75, 3.05) is 40.9 Å². The summed E-state index contributed by atoms with van der Waals surface area (Å²) in [7, 11) is 1.12. The number of amides is 1. The minimum atomic E-state index is -4.72. The van der Waals surface area contributed by atoms with E-state index in [9.17, 15) is 19.0 Å². The fourth-order valence-corrected chi connectivity index (χ4v) is 7.94. The molecule has 3 atom stereocenters. The van der Waals surface area contributed by atoms with Gasteiger partial charge in [0.05, 0.1) is 33.8 Å². The molecule has 9 nitrogen and oxygen atoms in total. The Hall–Kier alpha value is -3.33. The number of carbonyl (C=O) groups is 2. The van der Waals surface area contributed by atoms with Crippen LogP contribution in [0.15, 0.2) is 109 Å². The number of nitrogens with one attached hydrogen (secondary N) is 1. The van der Waals surface area contributed by atoms with E-state index in [1.54, 1.807) is 6.08 Å². The third kappa shape index (κ3) is 49.6. The van der Waals surface area contributed by atoms with Crippen molar-refractivity contribution in [3.8, 4) is 0 Å². The van der Waals surface area contributed by atoms with Gasteiger partial charge in [-0.2, -0.15) is 0 Å². The molecule has 0 aromatic carbocycles. The summed E-state index contributed by atoms with van der Waals surface area (Å²) in [6.45, 7) is 6.53. The smallest absolute Gasteiger partial charge is 0.306 e. The molecule has 400 valence electrons. The third-order valence-corrected chi connectivity index (χ3v) is 12.4. The van der Waals surface area contributed by atoms with E-state index in [4.69, 9.17) is 13.8 Å². The number of rotatable bonds is 48. The summed E-state index contributed by atoms with van der Waals surface area (Å²) in [6, 6.07) is -0.933. The molecule has 3 unspecified atom stereocenters. The number of phosphoric ester groups is 1. The van der Waals surface area contributed by atoms with E-state index < -0.39 is 26.6 Å². The maximum Gasteiger partial charge on any atom is 0.306 e. The molecule has 0 bridgehead atoms. The summed E-state index contributed by atoms with van der Waals surface area (Å²) in [5.74, 6) is -0.645. The van der Waals surface area contributed by atoms with Gasteiger partial charge >= 0.3 is 5.97 Å². The van der Waals surface area contributed by atoms with Gasteiger partial charge in [0, 0.05) is 12.8 Å². The third-order valence-electron chi connectivity index (χ3n) is 11.4. The van der Waals surface area contributed by atoms with Crippen LogP contribution in [0.5, 0.6) is 0 Å². The molecule has 0 saturated heterocycles. The molecule has 0 fully saturated rings. The van der Waals surface area contributed by atoms with E-state index in [0.717, 1.165) is 103 Å². The first-order valence-corrected chi connectivity index (χ1v) is 29.2. The van der Waals surface area contributed by atoms with Gasteiger partial charge in [-0.3, -0.25) is 14.2 Å². The van der Waals surface area contributed by atoms with Crippen molar-refractivity contribution in [1.82, 2.24) is 5.32 Å². The maximum atomic E-state index is 13.4. The van der Waals surface area contributed by atoms with Gasteiger partial charge in [0.15, 0.2) is 0 Å². The number of unbranched alkanes of at least 4 members (excludes halogenated alkanes) is 16. The van der Waals surface area contributed by atoms with Gasteiger partial charge < -0.3 is 28.5 Å². The summed E-state index contributed by atoms with van der Waals surface area (Å²) in [4.78, 5) is 39.8. The Labute approximate surface area is 430 Å². The summed E-state index contributed by atoms with van der Waals surface area (Å²) in [5, 5.41) is 2.97. The second-order valence-electron chi connectivity index (χ2n) is 19.3. The summed E-state index contributed by atoms with van der Waals surface area (Å²) >= 11 is 0. The Morgan fingerprint density at radius 1 is 0.514 bits per heavy atom. The lowest BCUT2D eigenvalue weighted by Crippen LogP contribution is -2.47. The van der Waals surface area contributed by atoms with Gasteiger partial charge in [-0.1, -0.05) is 201 Å². The van der Waals surface area contributed by atoms with Crippen LogP contribution in [0, 0.1) is 0 Å². The zero-order chi connectivity index (χ0) is 51.5. The predicted molar refractivity (Wildman–Crippen MR) is 297 cm³/mol. The highest BCUT2D eigenvalue weighted by Crippen LogP contribution is 2.38. The number of likely N-dealkylation sites (N-methyl/N-ethyl adjacent to an activating group) is 1. The highest BCUT2D eigenvalue weighted by molar-refractivity contribution is 7.45. The Balaban J connectivity index is 5.54. The highest BCUT2D eigenvalue weighted by Gasteiger charge is 2.27. The molecule has 1 N–H and O–H groups in total. The fraction of sp³-hybridized carbons (Fsp3) is 0.667. The van der Waals surface area contributed by atoms with Crippen LogP contribution in [-0.4, -0.2) is 69.4 Å². The minimum absolute atomic E-state index is 0.0424. The summed E-state index contributed by atoms with van der Waals surface area (Å²) < 4.78 is 30.1. The van der Waals surface area contributed by atoms with Crippen LogP contribution in [-0.2, 0) is 27.9 Å². The molecule has 0 aromatic heterocycles. The lowest BCUT2D eigenvalue weighted by molar-refractivity contribution is -0.870. The minimum Gasteiger partial charge on any atom is -0.756 e. The van der Waals surface area contributed by atoms with Crippen molar-refractivity contribution in [1.29, 1.82) is 0 Å². The molecule has 1 amide bonds. The van der Waals surface area contributed by atoms with E-state index in [-0.39, 0.29) is 31.3 Å². The van der Waals surface area contributed by atoms with Gasteiger partial charge in [0.25, 0.3) is 7.82 Å². The van der Waals surface area contributed by atoms with Gasteiger partial charge in [-0.25, -0.2) is 0 Å². The molecule has 0 aliphatic carbocycles. The highest BCUT2D eigenvalue weighted by atomic mass is 31.2. The largest absolute Gasteiger partial charge is 0.756 e. The Morgan fingerprint density at radius 2 is 0.929 bits per heavy atom. The number of allylic oxidation sites excluding steroid dienone is 17. The SMILES string of the molecule is CC/C=C\C/C=C\C/C=C\C/C=C\C/C=C\CCCC(=O)NC(COP(=O)([O-])OCC[N+](C)(C)C)C(/C=C/CCCCCCCCCCCCC)OC(=O)CCCCCC/C=C/C/C=C/C/C=C/CC. The van der Waals surface area contributed by atoms with Crippen molar-refractivity contribution in [2.24, 2.45) is 0 Å². The van der Waals surface area contributed by atoms with Crippen LogP contribution < -0.4 is 10.2 Å². The predicted octanol–water partition coefficient (Wildman–Crippen LogP) is 16.0. The molecule has 10 heteroatoms. The van der Waals surface area contributed by atoms with Gasteiger partial charge in [0.2, 0.25) is 5.91 Å². The maximum absolute atomic E-state index is 13.4. The molecule has 70 heavy (non-hydrogen) atoms. The molecular formula is C60H103N2O7P. The lowest BCUT2D eigenvalue weighted by Gasteiger charge is -2.30. The molecule has 0 heterocycles. The second-order valence-corrected chi connectivity index (χ2v) is 20.7. The monoisotopic (exact) mass is 995 g/mol. The average molecular weight is 995 g/mol. The number of ether oxygens (including phenoxy) is 1. The number of quaternary nitrogens is 1. The molecule has 0 aromatic rings. The second kappa shape index (κ2) is 49.3. The quantitative estimate of drug-likeness (QED) is 0.0212. The Morgan fingerprint density at radius 3 is 1.40 bits per heavy atom. The molecule has 0 spiro atoms. The molecule has 0 aliphatic heterocycles. The Kier molecular flexibility index (Phi) is 46.9. The number of nitrogens with zero attached hydrogens (tertiary/aromatic N) is 1. The van der Waals surface area contributed by atoms with E-state index in [0.29, 0.717) is 23.9 Å². The van der Waals surface area contributed by atoms with Crippen LogP contribution in [0.2, 0.25) is 0 Å². The van der Waals surface area contributed by atoms with Crippen molar-refractivity contribution < 1.29 is 37.3 Å². The topological polar surface area (TPSA) is 114 Å². The van der Waals surface area contributed by atoms with E-state index in [2.05, 4.69) is 123 Å². The van der Waals surface area contributed by atoms with Gasteiger partial charge in [-0.05, 0) is 102 Å². The summed E-state index contributed by atoms with van der Waals surface area (Å²) in [5.41, 5.74) is 0. The van der Waals surface area contributed by atoms with E-state index in [1.807, 2.05) is 27.2 Å². The first-order valence-electron chi connectivity index (χ1n) is 27.7. The zero-order valence-corrected chi connectivity index (χ0v) is 46.3. The molecule has 0 radical (unpaired) electrons. The molecule has 0 saturated carbocycles. The molecular weight excluding hydrogens is 892 g/mol.